The summed E-state index contributed by atoms with van der Waals surface area (Å²) >= 11 is 6.00. The van der Waals surface area contributed by atoms with Gasteiger partial charge in [0.05, 0.1) is 13.0 Å². The van der Waals surface area contributed by atoms with Gasteiger partial charge in [-0.1, -0.05) is 11.6 Å². The van der Waals surface area contributed by atoms with Gasteiger partial charge in [-0.25, -0.2) is 8.42 Å². The van der Waals surface area contributed by atoms with Crippen LogP contribution in [0.3, 0.4) is 0 Å². The molecule has 3 rings (SSSR count). The minimum absolute atomic E-state index is 0.00266. The van der Waals surface area contributed by atoms with E-state index in [4.69, 9.17) is 22.1 Å². The third-order valence-electron chi connectivity index (χ3n) is 5.69. The first-order valence-corrected chi connectivity index (χ1v) is 11.5. The molecule has 0 radical (unpaired) electrons. The predicted molar refractivity (Wildman–Crippen MR) is 108 cm³/mol. The van der Waals surface area contributed by atoms with Gasteiger partial charge in [-0.05, 0) is 43.9 Å². The molecule has 0 unspecified atom stereocenters. The Hall–Kier alpha value is -1.84. The van der Waals surface area contributed by atoms with Crippen molar-refractivity contribution in [2.24, 2.45) is 17.6 Å². The van der Waals surface area contributed by atoms with E-state index in [1.807, 2.05) is 0 Å². The summed E-state index contributed by atoms with van der Waals surface area (Å²) in [5.74, 6) is -0.781. The molecule has 0 aromatic heterocycles. The number of likely N-dealkylation sites (tertiary alicyclic amines) is 1. The molecule has 0 saturated carbocycles. The number of carbonyl (C=O) groups is 2. The van der Waals surface area contributed by atoms with E-state index in [2.05, 4.69) is 0 Å². The molecule has 8 nitrogen and oxygen atoms in total. The summed E-state index contributed by atoms with van der Waals surface area (Å²) in [6, 6.07) is 4.46. The van der Waals surface area contributed by atoms with E-state index >= 15 is 0 Å². The number of benzene rings is 1. The monoisotopic (exact) mass is 443 g/mol. The fourth-order valence-electron chi connectivity index (χ4n) is 4.00. The lowest BCUT2D eigenvalue weighted by molar-refractivity contribution is -0.139. The van der Waals surface area contributed by atoms with Gasteiger partial charge in [-0.3, -0.25) is 9.59 Å². The van der Waals surface area contributed by atoms with Gasteiger partial charge in [0.15, 0.2) is 0 Å². The first-order chi connectivity index (χ1) is 13.7. The average molecular weight is 444 g/mol. The number of piperidine rings is 2. The average Bonchev–Trinajstić information content (AvgIpc) is 2.73. The summed E-state index contributed by atoms with van der Waals surface area (Å²) in [6.07, 6.45) is 2.33. The van der Waals surface area contributed by atoms with E-state index in [0.717, 1.165) is 0 Å². The molecule has 2 aliphatic heterocycles. The van der Waals surface area contributed by atoms with Crippen molar-refractivity contribution < 1.29 is 22.7 Å². The summed E-state index contributed by atoms with van der Waals surface area (Å²) < 4.78 is 32.9. The number of rotatable bonds is 5. The maximum atomic E-state index is 13.2. The second kappa shape index (κ2) is 8.89. The van der Waals surface area contributed by atoms with Crippen LogP contribution in [0.15, 0.2) is 23.1 Å². The van der Waals surface area contributed by atoms with Crippen molar-refractivity contribution in [2.45, 2.75) is 30.6 Å². The normalized spacial score (nSPS) is 21.7. The van der Waals surface area contributed by atoms with Crippen LogP contribution in [-0.2, 0) is 19.6 Å². The largest absolute Gasteiger partial charge is 0.495 e. The van der Waals surface area contributed by atoms with Crippen LogP contribution in [0.5, 0.6) is 5.75 Å². The molecule has 0 spiro atoms. The third-order valence-corrected chi connectivity index (χ3v) is 7.81. The molecule has 2 heterocycles. The van der Waals surface area contributed by atoms with Crippen LogP contribution in [0.25, 0.3) is 0 Å². The zero-order valence-corrected chi connectivity index (χ0v) is 17.9. The lowest BCUT2D eigenvalue weighted by atomic mass is 9.93. The second-order valence-corrected chi connectivity index (χ2v) is 9.84. The van der Waals surface area contributed by atoms with Gasteiger partial charge in [0, 0.05) is 37.1 Å². The maximum absolute atomic E-state index is 13.2. The van der Waals surface area contributed by atoms with Crippen LogP contribution < -0.4 is 10.5 Å². The van der Waals surface area contributed by atoms with Gasteiger partial charge in [0.2, 0.25) is 21.8 Å². The SMILES string of the molecule is COc1ccc(Cl)cc1S(=O)(=O)N1CCC[C@@H](C(=O)N2CCC(C(N)=O)CC2)C1. The van der Waals surface area contributed by atoms with E-state index in [1.165, 1.54) is 23.5 Å². The lowest BCUT2D eigenvalue weighted by Crippen LogP contribution is -2.49. The van der Waals surface area contributed by atoms with Gasteiger partial charge in [0.1, 0.15) is 10.6 Å². The van der Waals surface area contributed by atoms with E-state index < -0.39 is 15.9 Å². The van der Waals surface area contributed by atoms with Crippen LogP contribution in [0, 0.1) is 11.8 Å². The molecule has 2 fully saturated rings. The highest BCUT2D eigenvalue weighted by Gasteiger charge is 2.37. The molecule has 2 N–H and O–H groups in total. The Balaban J connectivity index is 1.73. The van der Waals surface area contributed by atoms with Crippen molar-refractivity contribution in [3.8, 4) is 5.75 Å². The second-order valence-electron chi connectivity index (χ2n) is 7.50. The minimum Gasteiger partial charge on any atom is -0.495 e. The molecule has 1 aromatic carbocycles. The summed E-state index contributed by atoms with van der Waals surface area (Å²) in [4.78, 5) is 26.0. The number of nitrogens with two attached hydrogens (primary N) is 1. The number of methoxy groups -OCH3 is 1. The lowest BCUT2D eigenvalue weighted by Gasteiger charge is -2.37. The Kier molecular flexibility index (Phi) is 6.70. The Bertz CT molecular complexity index is 884. The predicted octanol–water partition coefficient (Wildman–Crippen LogP) is 1.47. The number of ether oxygens (including phenoxy) is 1. The summed E-state index contributed by atoms with van der Waals surface area (Å²) in [6.45, 7) is 1.40. The standard InChI is InChI=1S/C19H26ClN3O5S/c1-28-16-5-4-15(20)11-17(16)29(26,27)23-8-2-3-14(12-23)19(25)22-9-6-13(7-10-22)18(21)24/h4-5,11,13-14H,2-3,6-10,12H2,1H3,(H2,21,24)/t14-/m1/s1. The molecular weight excluding hydrogens is 418 g/mol. The summed E-state index contributed by atoms with van der Waals surface area (Å²) in [5.41, 5.74) is 5.35. The van der Waals surface area contributed by atoms with Gasteiger partial charge < -0.3 is 15.4 Å². The molecule has 2 saturated heterocycles. The molecule has 29 heavy (non-hydrogen) atoms. The number of nitrogens with zero attached hydrogens (tertiary/aromatic N) is 2. The molecule has 0 bridgehead atoms. The van der Waals surface area contributed by atoms with Crippen molar-refractivity contribution >= 4 is 33.4 Å². The maximum Gasteiger partial charge on any atom is 0.246 e. The number of sulfonamides is 1. The van der Waals surface area contributed by atoms with Crippen molar-refractivity contribution in [1.82, 2.24) is 9.21 Å². The fraction of sp³-hybridized carbons (Fsp3) is 0.579. The molecule has 1 aromatic rings. The minimum atomic E-state index is -3.85. The Morgan fingerprint density at radius 3 is 2.45 bits per heavy atom. The zero-order valence-electron chi connectivity index (χ0n) is 16.3. The number of amides is 2. The number of halogens is 1. The van der Waals surface area contributed by atoms with Crippen LogP contribution in [0.4, 0.5) is 0 Å². The van der Waals surface area contributed by atoms with Gasteiger partial charge in [-0.2, -0.15) is 4.31 Å². The Morgan fingerprint density at radius 1 is 1.14 bits per heavy atom. The van der Waals surface area contributed by atoms with E-state index in [1.54, 1.807) is 11.0 Å². The quantitative estimate of drug-likeness (QED) is 0.740. The molecular formula is C19H26ClN3O5S. The Morgan fingerprint density at radius 2 is 1.83 bits per heavy atom. The highest BCUT2D eigenvalue weighted by Crippen LogP contribution is 2.32. The van der Waals surface area contributed by atoms with Crippen molar-refractivity contribution in [3.05, 3.63) is 23.2 Å². The van der Waals surface area contributed by atoms with E-state index in [0.29, 0.717) is 50.3 Å². The molecule has 160 valence electrons. The number of hydrogen-bond acceptors (Lipinski definition) is 5. The zero-order chi connectivity index (χ0) is 21.2. The molecule has 2 amide bonds. The Labute approximate surface area is 176 Å². The summed E-state index contributed by atoms with van der Waals surface area (Å²) in [5, 5.41) is 0.298. The molecule has 0 aliphatic carbocycles. The first-order valence-electron chi connectivity index (χ1n) is 9.66. The highest BCUT2D eigenvalue weighted by molar-refractivity contribution is 7.89. The molecule has 2 aliphatic rings. The number of hydrogen-bond donors (Lipinski definition) is 1. The molecule has 1 atom stereocenters. The number of primary amides is 1. The van der Waals surface area contributed by atoms with Crippen LogP contribution in [-0.4, -0.2) is 62.7 Å². The van der Waals surface area contributed by atoms with Crippen LogP contribution >= 0.6 is 11.6 Å². The van der Waals surface area contributed by atoms with Crippen LogP contribution in [0.1, 0.15) is 25.7 Å². The molecule has 10 heteroatoms. The highest BCUT2D eigenvalue weighted by atomic mass is 35.5. The number of carbonyl (C=O) groups excluding carboxylic acids is 2. The van der Waals surface area contributed by atoms with Crippen LogP contribution in [0.2, 0.25) is 5.02 Å². The fourth-order valence-corrected chi connectivity index (χ4v) is 5.94. The van der Waals surface area contributed by atoms with E-state index in [-0.39, 0.29) is 34.9 Å². The van der Waals surface area contributed by atoms with Crippen molar-refractivity contribution in [1.29, 1.82) is 0 Å². The van der Waals surface area contributed by atoms with Crippen molar-refractivity contribution in [2.75, 3.05) is 33.3 Å². The van der Waals surface area contributed by atoms with Crippen molar-refractivity contribution in [3.63, 3.8) is 0 Å². The third kappa shape index (κ3) is 4.67. The smallest absolute Gasteiger partial charge is 0.246 e. The topological polar surface area (TPSA) is 110 Å². The first kappa shape index (κ1) is 21.9. The summed E-state index contributed by atoms with van der Waals surface area (Å²) in [7, 11) is -2.45. The van der Waals surface area contributed by atoms with E-state index in [9.17, 15) is 18.0 Å². The van der Waals surface area contributed by atoms with Gasteiger partial charge in [0.25, 0.3) is 0 Å². The van der Waals surface area contributed by atoms with Gasteiger partial charge in [-0.15, -0.1) is 0 Å². The van der Waals surface area contributed by atoms with Gasteiger partial charge >= 0.3 is 0 Å².